The van der Waals surface area contributed by atoms with Gasteiger partial charge >= 0.3 is 0 Å². The molecule has 0 unspecified atom stereocenters. The van der Waals surface area contributed by atoms with Crippen LogP contribution in [0, 0.1) is 0 Å². The number of aromatic hydroxyl groups is 4. The molecule has 0 bridgehead atoms. The Labute approximate surface area is 199 Å². The van der Waals surface area contributed by atoms with Gasteiger partial charge in [0.1, 0.15) is 28.8 Å². The van der Waals surface area contributed by atoms with Crippen molar-refractivity contribution in [2.45, 2.75) is 0 Å². The molecule has 176 valence electrons. The average Bonchev–Trinajstić information content (AvgIpc) is 2.78. The van der Waals surface area contributed by atoms with Crippen LogP contribution in [0.4, 0.5) is 23.3 Å². The highest BCUT2D eigenvalue weighted by Crippen LogP contribution is 2.22. The van der Waals surface area contributed by atoms with Crippen LogP contribution in [0.5, 0.6) is 23.0 Å². The molecule has 0 atom stereocenters. The molecular formula is C24H21N7O4. The quantitative estimate of drug-likeness (QED) is 0.149. The van der Waals surface area contributed by atoms with E-state index in [1.807, 2.05) is 30.3 Å². The van der Waals surface area contributed by atoms with Gasteiger partial charge < -0.3 is 25.7 Å². The predicted octanol–water partition coefficient (Wildman–Crippen LogP) is 3.93. The average molecular weight is 471 g/mol. The summed E-state index contributed by atoms with van der Waals surface area (Å²) in [5.74, 6) is 0.541. The molecule has 0 saturated heterocycles. The van der Waals surface area contributed by atoms with Crippen LogP contribution in [0.3, 0.4) is 0 Å². The molecule has 3 aromatic carbocycles. The fourth-order valence-electron chi connectivity index (χ4n) is 3.01. The zero-order valence-corrected chi connectivity index (χ0v) is 18.2. The fourth-order valence-corrected chi connectivity index (χ4v) is 3.01. The first-order chi connectivity index (χ1) is 16.9. The highest BCUT2D eigenvalue weighted by atomic mass is 16.3. The van der Waals surface area contributed by atoms with Crippen molar-refractivity contribution < 1.29 is 20.4 Å². The first-order valence-corrected chi connectivity index (χ1v) is 10.3. The molecule has 1 heterocycles. The number of rotatable bonds is 8. The predicted molar refractivity (Wildman–Crippen MR) is 134 cm³/mol. The summed E-state index contributed by atoms with van der Waals surface area (Å²) >= 11 is 0. The van der Waals surface area contributed by atoms with Crippen LogP contribution in [0.25, 0.3) is 0 Å². The van der Waals surface area contributed by atoms with Crippen LogP contribution in [-0.4, -0.2) is 42.8 Å². The van der Waals surface area contributed by atoms with Gasteiger partial charge in [-0.05, 0) is 36.4 Å². The maximum atomic E-state index is 9.60. The van der Waals surface area contributed by atoms with Crippen LogP contribution < -0.4 is 16.2 Å². The van der Waals surface area contributed by atoms with Crippen molar-refractivity contribution >= 4 is 35.7 Å². The minimum Gasteiger partial charge on any atom is -0.508 e. The van der Waals surface area contributed by atoms with Crippen LogP contribution in [-0.2, 0) is 0 Å². The lowest BCUT2D eigenvalue weighted by Gasteiger charge is -2.09. The first-order valence-electron chi connectivity index (χ1n) is 10.3. The number of hydrogen-bond donors (Lipinski definition) is 7. The van der Waals surface area contributed by atoms with Gasteiger partial charge in [0.15, 0.2) is 5.82 Å². The van der Waals surface area contributed by atoms with E-state index in [1.165, 1.54) is 48.8 Å². The smallest absolute Gasteiger partial charge is 0.247 e. The normalized spacial score (nSPS) is 11.1. The summed E-state index contributed by atoms with van der Waals surface area (Å²) in [5.41, 5.74) is 7.23. The summed E-state index contributed by atoms with van der Waals surface area (Å²) in [4.78, 5) is 8.69. The van der Waals surface area contributed by atoms with Crippen LogP contribution in [0.15, 0.2) is 83.0 Å². The molecule has 0 aliphatic rings. The summed E-state index contributed by atoms with van der Waals surface area (Å²) in [7, 11) is 0. The molecular weight excluding hydrogens is 450 g/mol. The van der Waals surface area contributed by atoms with Crippen molar-refractivity contribution in [3.8, 4) is 23.0 Å². The van der Waals surface area contributed by atoms with E-state index in [4.69, 9.17) is 0 Å². The second-order valence-electron chi connectivity index (χ2n) is 7.26. The summed E-state index contributed by atoms with van der Waals surface area (Å²) in [6.45, 7) is 0. The van der Waals surface area contributed by atoms with Crippen molar-refractivity contribution in [2.75, 3.05) is 16.2 Å². The molecule has 0 amide bonds. The topological polar surface area (TPSA) is 168 Å². The fraction of sp³-hybridized carbons (Fsp3) is 0. The summed E-state index contributed by atoms with van der Waals surface area (Å²) in [5, 5.41) is 49.7. The van der Waals surface area contributed by atoms with E-state index in [9.17, 15) is 20.4 Å². The van der Waals surface area contributed by atoms with E-state index in [-0.39, 0.29) is 28.9 Å². The third-order valence-corrected chi connectivity index (χ3v) is 4.39. The first kappa shape index (κ1) is 22.9. The van der Waals surface area contributed by atoms with Crippen LogP contribution in [0.2, 0.25) is 0 Å². The highest BCUT2D eigenvalue weighted by molar-refractivity contribution is 5.82. The molecule has 11 heteroatoms. The monoisotopic (exact) mass is 471 g/mol. The Bertz CT molecular complexity index is 1260. The van der Waals surface area contributed by atoms with Crippen molar-refractivity contribution in [1.29, 1.82) is 0 Å². The van der Waals surface area contributed by atoms with Crippen molar-refractivity contribution in [3.05, 3.63) is 83.9 Å². The Morgan fingerprint density at radius 1 is 0.600 bits per heavy atom. The van der Waals surface area contributed by atoms with E-state index < -0.39 is 0 Å². The van der Waals surface area contributed by atoms with Crippen LogP contribution in [0.1, 0.15) is 11.1 Å². The van der Waals surface area contributed by atoms with Gasteiger partial charge in [0.05, 0.1) is 12.4 Å². The third-order valence-electron chi connectivity index (χ3n) is 4.39. The number of benzene rings is 3. The molecule has 4 rings (SSSR count). The minimum atomic E-state index is -0.0961. The number of phenols is 4. The van der Waals surface area contributed by atoms with E-state index in [1.54, 1.807) is 6.07 Å². The second-order valence-corrected chi connectivity index (χ2v) is 7.26. The SMILES string of the molecule is Oc1cc(O)cc(C=NNc2cc(Nc3ccccc3)nc(NN=Cc3cc(O)cc(O)c3)n2)c1. The molecule has 35 heavy (non-hydrogen) atoms. The molecule has 0 saturated carbocycles. The van der Waals surface area contributed by atoms with E-state index in [0.29, 0.717) is 22.8 Å². The number of anilines is 4. The van der Waals surface area contributed by atoms with E-state index in [2.05, 4.69) is 36.3 Å². The van der Waals surface area contributed by atoms with Gasteiger partial charge in [-0.3, -0.25) is 5.43 Å². The zero-order chi connectivity index (χ0) is 24.6. The highest BCUT2D eigenvalue weighted by Gasteiger charge is 2.05. The Balaban J connectivity index is 1.54. The molecule has 1 aromatic heterocycles. The van der Waals surface area contributed by atoms with Gasteiger partial charge in [0, 0.05) is 35.0 Å². The lowest BCUT2D eigenvalue weighted by molar-refractivity contribution is 0.449. The van der Waals surface area contributed by atoms with E-state index in [0.717, 1.165) is 5.69 Å². The van der Waals surface area contributed by atoms with Gasteiger partial charge in [-0.1, -0.05) is 18.2 Å². The number of hydrogen-bond acceptors (Lipinski definition) is 11. The number of aromatic nitrogens is 2. The molecule has 0 aliphatic carbocycles. The third kappa shape index (κ3) is 6.83. The molecule has 7 N–H and O–H groups in total. The standard InChI is InChI=1S/C24H21N7O4/c32-18-6-15(7-19(33)10-18)13-25-30-23-12-22(27-17-4-2-1-3-5-17)28-24(29-23)31-26-14-16-8-20(34)11-21(35)9-16/h1-14,32-35H,(H3,27,28,29,30,31). The van der Waals surface area contributed by atoms with Gasteiger partial charge in [-0.25, -0.2) is 5.43 Å². The largest absolute Gasteiger partial charge is 0.508 e. The van der Waals surface area contributed by atoms with Crippen molar-refractivity contribution in [1.82, 2.24) is 9.97 Å². The van der Waals surface area contributed by atoms with Crippen molar-refractivity contribution in [3.63, 3.8) is 0 Å². The maximum Gasteiger partial charge on any atom is 0.247 e. The lowest BCUT2D eigenvalue weighted by Crippen LogP contribution is -2.04. The summed E-state index contributed by atoms with van der Waals surface area (Å²) in [6, 6.07) is 19.2. The number of hydrazone groups is 2. The number of nitrogens with zero attached hydrogens (tertiary/aromatic N) is 4. The molecule has 0 fully saturated rings. The van der Waals surface area contributed by atoms with Gasteiger partial charge in [-0.2, -0.15) is 20.2 Å². The van der Waals surface area contributed by atoms with Crippen LogP contribution >= 0.6 is 0 Å². The van der Waals surface area contributed by atoms with E-state index >= 15 is 0 Å². The number of para-hydroxylation sites is 1. The minimum absolute atomic E-state index is 0.0905. The Morgan fingerprint density at radius 3 is 1.69 bits per heavy atom. The number of nitrogens with one attached hydrogen (secondary N) is 3. The molecule has 0 radical (unpaired) electrons. The Kier molecular flexibility index (Phi) is 6.88. The second kappa shape index (κ2) is 10.5. The zero-order valence-electron chi connectivity index (χ0n) is 18.2. The van der Waals surface area contributed by atoms with Gasteiger partial charge in [0.25, 0.3) is 0 Å². The molecule has 4 aromatic rings. The maximum absolute atomic E-state index is 9.60. The van der Waals surface area contributed by atoms with Gasteiger partial charge in [0.2, 0.25) is 5.95 Å². The number of phenolic OH excluding ortho intramolecular Hbond substituents is 4. The van der Waals surface area contributed by atoms with Crippen molar-refractivity contribution in [2.24, 2.45) is 10.2 Å². The summed E-state index contributed by atoms with van der Waals surface area (Å²) in [6.07, 6.45) is 2.80. The summed E-state index contributed by atoms with van der Waals surface area (Å²) < 4.78 is 0. The molecule has 0 aliphatic heterocycles. The lowest BCUT2D eigenvalue weighted by atomic mass is 10.2. The Hall–Kier alpha value is -5.32. The molecule has 11 nitrogen and oxygen atoms in total. The Morgan fingerprint density at radius 2 is 1.11 bits per heavy atom. The molecule has 0 spiro atoms. The van der Waals surface area contributed by atoms with Gasteiger partial charge in [-0.15, -0.1) is 0 Å².